The molecule has 0 radical (unpaired) electrons. The van der Waals surface area contributed by atoms with E-state index in [1.165, 1.54) is 12.2 Å². The van der Waals surface area contributed by atoms with Gasteiger partial charge in [-0.25, -0.2) is 0 Å². The van der Waals surface area contributed by atoms with Gasteiger partial charge in [0.25, 0.3) is 0 Å². The highest BCUT2D eigenvalue weighted by molar-refractivity contribution is 8.00. The van der Waals surface area contributed by atoms with E-state index in [1.807, 2.05) is 11.8 Å². The quantitative estimate of drug-likeness (QED) is 0.757. The van der Waals surface area contributed by atoms with E-state index in [0.29, 0.717) is 11.4 Å². The molecule has 2 unspecified atom stereocenters. The third-order valence-corrected chi connectivity index (χ3v) is 3.94. The molecule has 0 spiro atoms. The van der Waals surface area contributed by atoms with Crippen molar-refractivity contribution < 1.29 is 4.74 Å². The normalized spacial score (nSPS) is 29.5. The van der Waals surface area contributed by atoms with Gasteiger partial charge < -0.3 is 10.1 Å². The SMILES string of the molecule is CCC1CSC(CC(C)(C)OC)N1. The maximum absolute atomic E-state index is 5.42. The molecule has 1 saturated heterocycles. The van der Waals surface area contributed by atoms with Gasteiger partial charge in [-0.2, -0.15) is 0 Å². The van der Waals surface area contributed by atoms with Crippen molar-refractivity contribution in [2.75, 3.05) is 12.9 Å². The van der Waals surface area contributed by atoms with Crippen LogP contribution in [0, 0.1) is 0 Å². The molecule has 13 heavy (non-hydrogen) atoms. The summed E-state index contributed by atoms with van der Waals surface area (Å²) >= 11 is 2.03. The van der Waals surface area contributed by atoms with E-state index < -0.39 is 0 Å². The Bertz CT molecular complexity index is 161. The third-order valence-electron chi connectivity index (χ3n) is 2.64. The van der Waals surface area contributed by atoms with Gasteiger partial charge >= 0.3 is 0 Å². The predicted octanol–water partition coefficient (Wildman–Crippen LogP) is 2.24. The molecule has 3 heteroatoms. The van der Waals surface area contributed by atoms with Crippen molar-refractivity contribution in [3.05, 3.63) is 0 Å². The first-order valence-corrected chi connectivity index (χ1v) is 6.05. The van der Waals surface area contributed by atoms with Gasteiger partial charge in [-0.3, -0.25) is 0 Å². The molecule has 2 atom stereocenters. The maximum atomic E-state index is 5.42. The second-order valence-corrected chi connectivity index (χ2v) is 5.50. The zero-order valence-electron chi connectivity index (χ0n) is 9.09. The minimum absolute atomic E-state index is 0.00724. The van der Waals surface area contributed by atoms with Crippen molar-refractivity contribution in [2.45, 2.75) is 50.6 Å². The van der Waals surface area contributed by atoms with Gasteiger partial charge in [-0.1, -0.05) is 6.92 Å². The molecule has 1 heterocycles. The van der Waals surface area contributed by atoms with E-state index in [2.05, 4.69) is 26.1 Å². The van der Waals surface area contributed by atoms with Crippen LogP contribution in [0.5, 0.6) is 0 Å². The van der Waals surface area contributed by atoms with Crippen LogP contribution in [0.25, 0.3) is 0 Å². The molecule has 1 fully saturated rings. The smallest absolute Gasteiger partial charge is 0.0645 e. The first kappa shape index (κ1) is 11.3. The van der Waals surface area contributed by atoms with Crippen molar-refractivity contribution in [3.63, 3.8) is 0 Å². The molecule has 0 bridgehead atoms. The van der Waals surface area contributed by atoms with Gasteiger partial charge in [0.1, 0.15) is 0 Å². The fourth-order valence-corrected chi connectivity index (χ4v) is 3.08. The lowest BCUT2D eigenvalue weighted by atomic mass is 10.1. The fourth-order valence-electron chi connectivity index (χ4n) is 1.47. The average molecular weight is 203 g/mol. The lowest BCUT2D eigenvalue weighted by molar-refractivity contribution is 0.0135. The zero-order chi connectivity index (χ0) is 9.90. The summed E-state index contributed by atoms with van der Waals surface area (Å²) < 4.78 is 5.42. The number of methoxy groups -OCH3 is 1. The van der Waals surface area contributed by atoms with Gasteiger partial charge in [0.15, 0.2) is 0 Å². The minimum Gasteiger partial charge on any atom is -0.379 e. The Labute approximate surface area is 85.8 Å². The number of ether oxygens (including phenoxy) is 1. The summed E-state index contributed by atoms with van der Waals surface area (Å²) in [6.07, 6.45) is 2.32. The van der Waals surface area contributed by atoms with Crippen LogP contribution in [0.2, 0.25) is 0 Å². The van der Waals surface area contributed by atoms with Gasteiger partial charge in [-0.15, -0.1) is 11.8 Å². The summed E-state index contributed by atoms with van der Waals surface area (Å²) in [5.41, 5.74) is 0.00724. The average Bonchev–Trinajstić information content (AvgIpc) is 2.52. The van der Waals surface area contributed by atoms with Crippen LogP contribution < -0.4 is 5.32 Å². The molecular weight excluding hydrogens is 182 g/mol. The molecule has 1 rings (SSSR count). The first-order chi connectivity index (χ1) is 6.07. The van der Waals surface area contributed by atoms with E-state index in [9.17, 15) is 0 Å². The van der Waals surface area contributed by atoms with Crippen molar-refractivity contribution in [3.8, 4) is 0 Å². The number of nitrogens with one attached hydrogen (secondary N) is 1. The summed E-state index contributed by atoms with van der Waals surface area (Å²) in [4.78, 5) is 0. The van der Waals surface area contributed by atoms with Gasteiger partial charge in [0.2, 0.25) is 0 Å². The van der Waals surface area contributed by atoms with Crippen molar-refractivity contribution in [1.29, 1.82) is 0 Å². The molecule has 0 aromatic rings. The highest BCUT2D eigenvalue weighted by Gasteiger charge is 2.28. The monoisotopic (exact) mass is 203 g/mol. The lowest BCUT2D eigenvalue weighted by Crippen LogP contribution is -2.35. The van der Waals surface area contributed by atoms with Crippen LogP contribution in [0.3, 0.4) is 0 Å². The van der Waals surface area contributed by atoms with Crippen LogP contribution in [0.1, 0.15) is 33.6 Å². The van der Waals surface area contributed by atoms with Gasteiger partial charge in [0, 0.05) is 25.3 Å². The van der Waals surface area contributed by atoms with Crippen molar-refractivity contribution in [1.82, 2.24) is 5.32 Å². The Balaban J connectivity index is 2.31. The van der Waals surface area contributed by atoms with Crippen LogP contribution in [0.15, 0.2) is 0 Å². The molecule has 1 aliphatic rings. The first-order valence-electron chi connectivity index (χ1n) is 5.00. The number of hydrogen-bond acceptors (Lipinski definition) is 3. The molecule has 1 aliphatic heterocycles. The molecule has 2 nitrogen and oxygen atoms in total. The standard InChI is InChI=1S/C10H21NOS/c1-5-8-7-13-9(11-8)6-10(2,3)12-4/h8-9,11H,5-7H2,1-4H3. The molecule has 0 aromatic heterocycles. The van der Waals surface area contributed by atoms with Crippen molar-refractivity contribution in [2.24, 2.45) is 0 Å². The van der Waals surface area contributed by atoms with Gasteiger partial charge in [-0.05, 0) is 20.3 Å². The summed E-state index contributed by atoms with van der Waals surface area (Å²) in [5.74, 6) is 1.25. The summed E-state index contributed by atoms with van der Waals surface area (Å²) in [7, 11) is 1.79. The molecule has 0 saturated carbocycles. The number of thioether (sulfide) groups is 1. The summed E-state index contributed by atoms with van der Waals surface area (Å²) in [6.45, 7) is 6.53. The number of hydrogen-bond donors (Lipinski definition) is 1. The predicted molar refractivity (Wildman–Crippen MR) is 59.2 cm³/mol. The Hall–Kier alpha value is 0.270. The molecule has 0 aromatic carbocycles. The third kappa shape index (κ3) is 3.49. The molecule has 1 N–H and O–H groups in total. The van der Waals surface area contributed by atoms with E-state index >= 15 is 0 Å². The maximum Gasteiger partial charge on any atom is 0.0645 e. The zero-order valence-corrected chi connectivity index (χ0v) is 9.91. The molecule has 78 valence electrons. The van der Waals surface area contributed by atoms with Crippen LogP contribution >= 0.6 is 11.8 Å². The highest BCUT2D eigenvalue weighted by Crippen LogP contribution is 2.28. The molecule has 0 amide bonds. The van der Waals surface area contributed by atoms with Crippen LogP contribution in [-0.2, 0) is 4.74 Å². The fraction of sp³-hybridized carbons (Fsp3) is 1.00. The topological polar surface area (TPSA) is 21.3 Å². The van der Waals surface area contributed by atoms with Crippen LogP contribution in [0.4, 0.5) is 0 Å². The Morgan fingerprint density at radius 2 is 2.23 bits per heavy atom. The second kappa shape index (κ2) is 4.67. The van der Waals surface area contributed by atoms with Gasteiger partial charge in [0.05, 0.1) is 11.0 Å². The summed E-state index contributed by atoms with van der Waals surface area (Å²) in [5, 5.41) is 4.20. The Morgan fingerprint density at radius 3 is 2.69 bits per heavy atom. The second-order valence-electron chi connectivity index (χ2n) is 4.26. The van der Waals surface area contributed by atoms with E-state index in [4.69, 9.17) is 4.74 Å². The lowest BCUT2D eigenvalue weighted by Gasteiger charge is -2.26. The van der Waals surface area contributed by atoms with Crippen LogP contribution in [-0.4, -0.2) is 29.9 Å². The Morgan fingerprint density at radius 1 is 1.54 bits per heavy atom. The molecule has 0 aliphatic carbocycles. The highest BCUT2D eigenvalue weighted by atomic mass is 32.2. The molecular formula is C10H21NOS. The summed E-state index contributed by atoms with van der Waals surface area (Å²) in [6, 6.07) is 0.711. The van der Waals surface area contributed by atoms with E-state index in [0.717, 1.165) is 6.42 Å². The largest absolute Gasteiger partial charge is 0.379 e. The number of rotatable bonds is 4. The van der Waals surface area contributed by atoms with E-state index in [-0.39, 0.29) is 5.60 Å². The van der Waals surface area contributed by atoms with Crippen molar-refractivity contribution >= 4 is 11.8 Å². The minimum atomic E-state index is 0.00724. The van der Waals surface area contributed by atoms with E-state index in [1.54, 1.807) is 7.11 Å². The Kier molecular flexibility index (Phi) is 4.07.